The number of halogens is 3. The highest BCUT2D eigenvalue weighted by molar-refractivity contribution is 5.94. The molecule has 3 nitrogen and oxygen atoms in total. The van der Waals surface area contributed by atoms with Gasteiger partial charge in [-0.15, -0.1) is 13.2 Å². The highest BCUT2D eigenvalue weighted by Crippen LogP contribution is 2.24. The molecule has 0 aliphatic heterocycles. The summed E-state index contributed by atoms with van der Waals surface area (Å²) in [5.41, 5.74) is 0.666. The molecule has 1 aromatic rings. The maximum atomic E-state index is 12.0. The fourth-order valence-corrected chi connectivity index (χ4v) is 1.33. The maximum Gasteiger partial charge on any atom is 0.573 e. The van der Waals surface area contributed by atoms with Crippen LogP contribution in [-0.2, 0) is 0 Å². The Hall–Kier alpha value is -1.72. The van der Waals surface area contributed by atoms with E-state index >= 15 is 0 Å². The Morgan fingerprint density at radius 3 is 2.53 bits per heavy atom. The zero-order chi connectivity index (χ0) is 13.1. The van der Waals surface area contributed by atoms with Gasteiger partial charge in [-0.25, -0.2) is 0 Å². The fourth-order valence-electron chi connectivity index (χ4n) is 1.33. The lowest BCUT2D eigenvalue weighted by molar-refractivity contribution is -0.274. The van der Waals surface area contributed by atoms with Crippen LogP contribution in [0.5, 0.6) is 5.75 Å². The molecule has 0 saturated carbocycles. The van der Waals surface area contributed by atoms with Crippen LogP contribution >= 0.6 is 0 Å². The van der Waals surface area contributed by atoms with E-state index < -0.39 is 18.0 Å². The molecule has 0 aromatic heterocycles. The number of hydrogen-bond acceptors (Lipinski definition) is 2. The summed E-state index contributed by atoms with van der Waals surface area (Å²) in [5.74, 6) is -0.818. The van der Waals surface area contributed by atoms with Gasteiger partial charge in [-0.1, -0.05) is 0 Å². The summed E-state index contributed by atoms with van der Waals surface area (Å²) in [6, 6.07) is 3.77. The third kappa shape index (κ3) is 4.34. The van der Waals surface area contributed by atoms with Gasteiger partial charge < -0.3 is 10.1 Å². The van der Waals surface area contributed by atoms with Gasteiger partial charge in [0.1, 0.15) is 5.75 Å². The Bertz CT molecular complexity index is 416. The first kappa shape index (κ1) is 13.3. The maximum absolute atomic E-state index is 12.0. The van der Waals surface area contributed by atoms with E-state index in [0.29, 0.717) is 12.1 Å². The summed E-state index contributed by atoms with van der Waals surface area (Å²) >= 11 is 0. The molecule has 1 aromatic carbocycles. The minimum atomic E-state index is -4.76. The predicted octanol–water partition coefficient (Wildman–Crippen LogP) is 2.64. The number of carbonyl (C=O) groups is 1. The molecule has 0 unspecified atom stereocenters. The normalized spacial score (nSPS) is 11.1. The SMILES string of the molecule is CCNC(=O)c1cc(C)cc(OC(F)(F)F)c1. The second-order valence-electron chi connectivity index (χ2n) is 3.44. The summed E-state index contributed by atoms with van der Waals surface area (Å²) < 4.78 is 39.9. The van der Waals surface area contributed by atoms with E-state index in [0.717, 1.165) is 6.07 Å². The topological polar surface area (TPSA) is 38.3 Å². The van der Waals surface area contributed by atoms with Crippen molar-refractivity contribution in [3.05, 3.63) is 29.3 Å². The molecule has 0 heterocycles. The van der Waals surface area contributed by atoms with Crippen molar-refractivity contribution in [3.63, 3.8) is 0 Å². The van der Waals surface area contributed by atoms with Crippen molar-refractivity contribution < 1.29 is 22.7 Å². The third-order valence-corrected chi connectivity index (χ3v) is 1.88. The van der Waals surface area contributed by atoms with Crippen molar-refractivity contribution in [2.75, 3.05) is 6.54 Å². The second-order valence-corrected chi connectivity index (χ2v) is 3.44. The quantitative estimate of drug-likeness (QED) is 0.891. The number of amides is 1. The summed E-state index contributed by atoms with van der Waals surface area (Å²) in [6.07, 6.45) is -4.76. The molecular formula is C11H12F3NO2. The van der Waals surface area contributed by atoms with Gasteiger partial charge in [0.25, 0.3) is 5.91 Å². The van der Waals surface area contributed by atoms with Crippen LogP contribution in [0, 0.1) is 6.92 Å². The molecule has 1 rings (SSSR count). The van der Waals surface area contributed by atoms with E-state index in [1.165, 1.54) is 12.1 Å². The van der Waals surface area contributed by atoms with Gasteiger partial charge in [-0.05, 0) is 37.6 Å². The molecule has 1 N–H and O–H groups in total. The highest BCUT2D eigenvalue weighted by atomic mass is 19.4. The van der Waals surface area contributed by atoms with E-state index in [2.05, 4.69) is 10.1 Å². The molecule has 0 fully saturated rings. The lowest BCUT2D eigenvalue weighted by atomic mass is 10.1. The van der Waals surface area contributed by atoms with E-state index in [1.54, 1.807) is 13.8 Å². The Labute approximate surface area is 96.6 Å². The van der Waals surface area contributed by atoms with Gasteiger partial charge in [-0.2, -0.15) is 0 Å². The molecule has 0 atom stereocenters. The van der Waals surface area contributed by atoms with Gasteiger partial charge in [-0.3, -0.25) is 4.79 Å². The number of hydrogen-bond donors (Lipinski definition) is 1. The highest BCUT2D eigenvalue weighted by Gasteiger charge is 2.31. The van der Waals surface area contributed by atoms with E-state index in [4.69, 9.17) is 0 Å². The van der Waals surface area contributed by atoms with Gasteiger partial charge in [0.05, 0.1) is 0 Å². The van der Waals surface area contributed by atoms with Crippen LogP contribution in [0.15, 0.2) is 18.2 Å². The smallest absolute Gasteiger partial charge is 0.406 e. The average Bonchev–Trinajstić information content (AvgIpc) is 2.14. The Morgan fingerprint density at radius 1 is 1.35 bits per heavy atom. The largest absolute Gasteiger partial charge is 0.573 e. The number of rotatable bonds is 3. The van der Waals surface area contributed by atoms with Crippen LogP contribution < -0.4 is 10.1 Å². The lowest BCUT2D eigenvalue weighted by Crippen LogP contribution is -2.23. The van der Waals surface area contributed by atoms with E-state index in [-0.39, 0.29) is 5.56 Å². The number of aryl methyl sites for hydroxylation is 1. The van der Waals surface area contributed by atoms with Crippen LogP contribution in [0.3, 0.4) is 0 Å². The van der Waals surface area contributed by atoms with Gasteiger partial charge in [0.2, 0.25) is 0 Å². The molecule has 0 radical (unpaired) electrons. The monoisotopic (exact) mass is 247 g/mol. The summed E-state index contributed by atoms with van der Waals surface area (Å²) in [4.78, 5) is 11.5. The van der Waals surface area contributed by atoms with Crippen molar-refractivity contribution in [1.82, 2.24) is 5.32 Å². The molecule has 0 aliphatic carbocycles. The molecule has 6 heteroatoms. The van der Waals surface area contributed by atoms with E-state index in [1.807, 2.05) is 0 Å². The summed E-state index contributed by atoms with van der Waals surface area (Å²) in [6.45, 7) is 3.72. The van der Waals surface area contributed by atoms with Crippen molar-refractivity contribution in [1.29, 1.82) is 0 Å². The predicted molar refractivity (Wildman–Crippen MR) is 55.9 cm³/mol. The van der Waals surface area contributed by atoms with Crippen molar-refractivity contribution in [3.8, 4) is 5.75 Å². The van der Waals surface area contributed by atoms with Crippen LogP contribution in [0.2, 0.25) is 0 Å². The van der Waals surface area contributed by atoms with Gasteiger partial charge >= 0.3 is 6.36 Å². The zero-order valence-electron chi connectivity index (χ0n) is 9.39. The number of benzene rings is 1. The summed E-state index contributed by atoms with van der Waals surface area (Å²) in [5, 5.41) is 2.50. The third-order valence-electron chi connectivity index (χ3n) is 1.88. The minimum Gasteiger partial charge on any atom is -0.406 e. The number of alkyl halides is 3. The van der Waals surface area contributed by atoms with Crippen LogP contribution in [-0.4, -0.2) is 18.8 Å². The van der Waals surface area contributed by atoms with Crippen LogP contribution in [0.25, 0.3) is 0 Å². The first-order valence-electron chi connectivity index (χ1n) is 4.97. The number of carbonyl (C=O) groups excluding carboxylic acids is 1. The average molecular weight is 247 g/mol. The number of ether oxygens (including phenoxy) is 1. The molecule has 0 bridgehead atoms. The molecule has 1 amide bonds. The Kier molecular flexibility index (Phi) is 3.98. The molecule has 0 saturated heterocycles. The molecule has 94 valence electrons. The zero-order valence-corrected chi connectivity index (χ0v) is 9.39. The molecular weight excluding hydrogens is 235 g/mol. The standard InChI is InChI=1S/C11H12F3NO2/c1-3-15-10(16)8-4-7(2)5-9(6-8)17-11(12,13)14/h4-6H,3H2,1-2H3,(H,15,16). The Balaban J connectivity index is 2.98. The molecule has 17 heavy (non-hydrogen) atoms. The first-order chi connectivity index (χ1) is 7.81. The van der Waals surface area contributed by atoms with Crippen molar-refractivity contribution in [2.45, 2.75) is 20.2 Å². The number of nitrogens with one attached hydrogen (secondary N) is 1. The summed E-state index contributed by atoms with van der Waals surface area (Å²) in [7, 11) is 0. The fraction of sp³-hybridized carbons (Fsp3) is 0.364. The Morgan fingerprint density at radius 2 is 2.00 bits per heavy atom. The van der Waals surface area contributed by atoms with E-state index in [9.17, 15) is 18.0 Å². The van der Waals surface area contributed by atoms with Crippen LogP contribution in [0.1, 0.15) is 22.8 Å². The molecule has 0 aliphatic rings. The van der Waals surface area contributed by atoms with Gasteiger partial charge in [0, 0.05) is 12.1 Å². The van der Waals surface area contributed by atoms with Crippen molar-refractivity contribution >= 4 is 5.91 Å². The van der Waals surface area contributed by atoms with Gasteiger partial charge in [0.15, 0.2) is 0 Å². The molecule has 0 spiro atoms. The first-order valence-corrected chi connectivity index (χ1v) is 4.97. The van der Waals surface area contributed by atoms with Crippen molar-refractivity contribution in [2.24, 2.45) is 0 Å². The second kappa shape index (κ2) is 5.07. The van der Waals surface area contributed by atoms with Crippen LogP contribution in [0.4, 0.5) is 13.2 Å². The lowest BCUT2D eigenvalue weighted by Gasteiger charge is -2.11. The minimum absolute atomic E-state index is 0.145.